The smallest absolute Gasteiger partial charge is 0.228 e. The van der Waals surface area contributed by atoms with Gasteiger partial charge in [-0.2, -0.15) is 0 Å². The van der Waals surface area contributed by atoms with Crippen LogP contribution in [0.5, 0.6) is 5.75 Å². The zero-order valence-electron chi connectivity index (χ0n) is 9.29. The van der Waals surface area contributed by atoms with Crippen LogP contribution < -0.4 is 10.1 Å². The molecule has 17 heavy (non-hydrogen) atoms. The van der Waals surface area contributed by atoms with Gasteiger partial charge in [0, 0.05) is 22.1 Å². The van der Waals surface area contributed by atoms with Crippen molar-refractivity contribution in [3.8, 4) is 17.0 Å². The first kappa shape index (κ1) is 10.7. The lowest BCUT2D eigenvalue weighted by Crippen LogP contribution is -1.94. The number of nitrogens with zero attached hydrogens (tertiary/aromatic N) is 1. The summed E-state index contributed by atoms with van der Waals surface area (Å²) in [7, 11) is 1.66. The van der Waals surface area contributed by atoms with Gasteiger partial charge < -0.3 is 14.6 Å². The number of hydrogen-bond acceptors (Lipinski definition) is 4. The van der Waals surface area contributed by atoms with Gasteiger partial charge in [-0.1, -0.05) is 21.1 Å². The van der Waals surface area contributed by atoms with E-state index in [-0.39, 0.29) is 0 Å². The molecule has 0 bridgehead atoms. The third-order valence-corrected chi connectivity index (χ3v) is 3.36. The van der Waals surface area contributed by atoms with Gasteiger partial charge in [0.15, 0.2) is 0 Å². The molecular weight excluding hydrogens is 284 g/mol. The van der Waals surface area contributed by atoms with Gasteiger partial charge in [0.25, 0.3) is 0 Å². The molecule has 2 heterocycles. The Labute approximate surface area is 107 Å². The third kappa shape index (κ3) is 1.70. The van der Waals surface area contributed by atoms with Crippen molar-refractivity contribution >= 4 is 21.8 Å². The van der Waals surface area contributed by atoms with Crippen LogP contribution in [0.2, 0.25) is 0 Å². The highest BCUT2D eigenvalue weighted by Gasteiger charge is 2.23. The number of benzene rings is 1. The molecule has 5 heteroatoms. The summed E-state index contributed by atoms with van der Waals surface area (Å²) in [6.45, 7) is 0.903. The van der Waals surface area contributed by atoms with E-state index in [2.05, 4.69) is 26.4 Å². The Balaban J connectivity index is 2.17. The molecular formula is C12H11BrN2O2. The quantitative estimate of drug-likeness (QED) is 0.925. The maximum Gasteiger partial charge on any atom is 0.228 e. The molecule has 1 N–H and O–H groups in total. The topological polar surface area (TPSA) is 47.3 Å². The number of nitrogens with one attached hydrogen (secondary N) is 1. The molecule has 2 aromatic rings. The molecule has 3 rings (SSSR count). The number of fused-ring (bicyclic) bond motifs is 1. The van der Waals surface area contributed by atoms with Gasteiger partial charge in [0.05, 0.1) is 7.11 Å². The lowest BCUT2D eigenvalue weighted by Gasteiger charge is -2.07. The summed E-state index contributed by atoms with van der Waals surface area (Å²) < 4.78 is 11.6. The predicted molar refractivity (Wildman–Crippen MR) is 68.4 cm³/mol. The Kier molecular flexibility index (Phi) is 2.55. The first-order valence-corrected chi connectivity index (χ1v) is 6.15. The Morgan fingerprint density at radius 3 is 3.18 bits per heavy atom. The minimum Gasteiger partial charge on any atom is -0.496 e. The van der Waals surface area contributed by atoms with E-state index in [1.54, 1.807) is 7.11 Å². The third-order valence-electron chi connectivity index (χ3n) is 2.87. The van der Waals surface area contributed by atoms with Crippen LogP contribution >= 0.6 is 15.9 Å². The summed E-state index contributed by atoms with van der Waals surface area (Å²) in [5, 5.41) is 7.28. The first-order chi connectivity index (χ1) is 8.29. The molecule has 1 aromatic carbocycles. The predicted octanol–water partition coefficient (Wildman–Crippen LogP) is 3.08. The summed E-state index contributed by atoms with van der Waals surface area (Å²) in [5.41, 5.74) is 2.94. The van der Waals surface area contributed by atoms with Crippen LogP contribution in [0.1, 0.15) is 5.56 Å². The van der Waals surface area contributed by atoms with Gasteiger partial charge in [-0.15, -0.1) is 0 Å². The number of rotatable bonds is 2. The van der Waals surface area contributed by atoms with E-state index in [0.29, 0.717) is 0 Å². The average Bonchev–Trinajstić information content (AvgIpc) is 2.90. The Morgan fingerprint density at radius 2 is 2.35 bits per heavy atom. The van der Waals surface area contributed by atoms with Crippen LogP contribution in [0.4, 0.5) is 5.88 Å². The summed E-state index contributed by atoms with van der Waals surface area (Å²) >= 11 is 3.46. The van der Waals surface area contributed by atoms with Gasteiger partial charge in [-0.3, -0.25) is 0 Å². The van der Waals surface area contributed by atoms with E-state index >= 15 is 0 Å². The minimum absolute atomic E-state index is 0.780. The number of ether oxygens (including phenoxy) is 1. The van der Waals surface area contributed by atoms with Crippen molar-refractivity contribution in [2.24, 2.45) is 0 Å². The van der Waals surface area contributed by atoms with E-state index < -0.39 is 0 Å². The molecule has 0 aliphatic carbocycles. The molecule has 0 saturated carbocycles. The number of hydrogen-bond donors (Lipinski definition) is 1. The fourth-order valence-electron chi connectivity index (χ4n) is 2.06. The highest BCUT2D eigenvalue weighted by atomic mass is 79.9. The second-order valence-corrected chi connectivity index (χ2v) is 4.78. The summed E-state index contributed by atoms with van der Waals surface area (Å²) in [6.07, 6.45) is 0.934. The minimum atomic E-state index is 0.780. The Hall–Kier alpha value is -1.49. The van der Waals surface area contributed by atoms with Crippen LogP contribution in [0, 0.1) is 0 Å². The van der Waals surface area contributed by atoms with Crippen LogP contribution in [-0.4, -0.2) is 18.8 Å². The van der Waals surface area contributed by atoms with Crippen molar-refractivity contribution in [1.82, 2.24) is 5.16 Å². The van der Waals surface area contributed by atoms with Gasteiger partial charge in [-0.25, -0.2) is 0 Å². The lowest BCUT2D eigenvalue weighted by molar-refractivity contribution is 0.413. The highest BCUT2D eigenvalue weighted by Crippen LogP contribution is 2.38. The van der Waals surface area contributed by atoms with Crippen LogP contribution in [0.3, 0.4) is 0 Å². The highest BCUT2D eigenvalue weighted by molar-refractivity contribution is 9.10. The second-order valence-electron chi connectivity index (χ2n) is 3.86. The standard InChI is InChI=1S/C12H11BrN2O2/c1-16-10-3-2-7(13)6-9(10)11-8-4-5-14-12(8)17-15-11/h2-3,6,14H,4-5H2,1H3. The van der Waals surface area contributed by atoms with E-state index in [0.717, 1.165) is 45.9 Å². The summed E-state index contributed by atoms with van der Waals surface area (Å²) in [6, 6.07) is 5.86. The van der Waals surface area contributed by atoms with Gasteiger partial charge in [0.2, 0.25) is 5.88 Å². The fourth-order valence-corrected chi connectivity index (χ4v) is 2.42. The normalized spacial score (nSPS) is 13.3. The number of methoxy groups -OCH3 is 1. The SMILES string of the molecule is COc1ccc(Br)cc1-c1noc2c1CCN2. The molecule has 0 saturated heterocycles. The second kappa shape index (κ2) is 4.07. The maximum absolute atomic E-state index is 5.36. The molecule has 0 radical (unpaired) electrons. The molecule has 4 nitrogen and oxygen atoms in total. The molecule has 88 valence electrons. The molecule has 1 aliphatic rings. The summed E-state index contributed by atoms with van der Waals surface area (Å²) in [4.78, 5) is 0. The number of halogens is 1. The molecule has 0 amide bonds. The van der Waals surface area contributed by atoms with Crippen molar-refractivity contribution in [3.63, 3.8) is 0 Å². The van der Waals surface area contributed by atoms with Crippen molar-refractivity contribution in [3.05, 3.63) is 28.2 Å². The van der Waals surface area contributed by atoms with E-state index in [1.165, 1.54) is 0 Å². The van der Waals surface area contributed by atoms with E-state index in [4.69, 9.17) is 9.26 Å². The zero-order valence-corrected chi connectivity index (χ0v) is 10.9. The Morgan fingerprint density at radius 1 is 1.47 bits per heavy atom. The molecule has 0 atom stereocenters. The number of anilines is 1. The lowest BCUT2D eigenvalue weighted by atomic mass is 10.1. The molecule has 0 fully saturated rings. The first-order valence-electron chi connectivity index (χ1n) is 5.36. The summed E-state index contributed by atoms with van der Waals surface area (Å²) in [5.74, 6) is 1.58. The Bertz CT molecular complexity index is 566. The number of aromatic nitrogens is 1. The molecule has 0 spiro atoms. The van der Waals surface area contributed by atoms with Gasteiger partial charge in [-0.05, 0) is 24.6 Å². The largest absolute Gasteiger partial charge is 0.496 e. The zero-order chi connectivity index (χ0) is 11.8. The molecule has 1 aromatic heterocycles. The van der Waals surface area contributed by atoms with Crippen molar-refractivity contribution < 1.29 is 9.26 Å². The van der Waals surface area contributed by atoms with Crippen molar-refractivity contribution in [2.75, 3.05) is 19.0 Å². The average molecular weight is 295 g/mol. The molecule has 1 aliphatic heterocycles. The van der Waals surface area contributed by atoms with E-state index in [1.807, 2.05) is 18.2 Å². The van der Waals surface area contributed by atoms with Crippen LogP contribution in [-0.2, 0) is 6.42 Å². The van der Waals surface area contributed by atoms with Gasteiger partial charge >= 0.3 is 0 Å². The van der Waals surface area contributed by atoms with Crippen molar-refractivity contribution in [1.29, 1.82) is 0 Å². The molecule has 0 unspecified atom stereocenters. The van der Waals surface area contributed by atoms with Crippen LogP contribution in [0.25, 0.3) is 11.3 Å². The maximum atomic E-state index is 5.36. The fraction of sp³-hybridized carbons (Fsp3) is 0.250. The van der Waals surface area contributed by atoms with E-state index in [9.17, 15) is 0 Å². The van der Waals surface area contributed by atoms with Crippen molar-refractivity contribution in [2.45, 2.75) is 6.42 Å². The van der Waals surface area contributed by atoms with Gasteiger partial charge in [0.1, 0.15) is 11.4 Å². The monoisotopic (exact) mass is 294 g/mol. The van der Waals surface area contributed by atoms with Crippen LogP contribution in [0.15, 0.2) is 27.2 Å².